The second kappa shape index (κ2) is 8.91. The molecule has 0 bridgehead atoms. The van der Waals surface area contributed by atoms with Crippen LogP contribution in [0.2, 0.25) is 0 Å². The monoisotopic (exact) mass is 548 g/mol. The predicted molar refractivity (Wildman–Crippen MR) is 136 cm³/mol. The maximum atomic E-state index is 14.0. The molecule has 0 aliphatic heterocycles. The van der Waals surface area contributed by atoms with Crippen molar-refractivity contribution >= 4 is 43.4 Å². The third-order valence-corrected chi connectivity index (χ3v) is 12.0. The summed E-state index contributed by atoms with van der Waals surface area (Å²) in [6, 6.07) is 19.6. The Labute approximate surface area is 196 Å². The molecule has 0 spiro atoms. The van der Waals surface area contributed by atoms with Crippen LogP contribution in [0.4, 0.5) is 0 Å². The fourth-order valence-electron chi connectivity index (χ4n) is 3.96. The first-order valence-corrected chi connectivity index (χ1v) is 14.9. The zero-order valence-electron chi connectivity index (χ0n) is 18.1. The molecular formula is C25H26IO4P. The molecule has 162 valence electrons. The molecule has 0 aromatic heterocycles. The van der Waals surface area contributed by atoms with Crippen LogP contribution < -0.4 is 5.30 Å². The first-order chi connectivity index (χ1) is 14.6. The minimum absolute atomic E-state index is 0.146. The van der Waals surface area contributed by atoms with Crippen molar-refractivity contribution in [3.8, 4) is 0 Å². The van der Waals surface area contributed by atoms with Crippen LogP contribution in [0.1, 0.15) is 49.9 Å². The van der Waals surface area contributed by atoms with Crippen LogP contribution in [-0.2, 0) is 4.52 Å². The van der Waals surface area contributed by atoms with Gasteiger partial charge in [-0.2, -0.15) is 0 Å². The molecule has 0 aliphatic carbocycles. The molecule has 3 aromatic rings. The number of hydrogen-bond acceptors (Lipinski definition) is 4. The van der Waals surface area contributed by atoms with Gasteiger partial charge in [0.2, 0.25) is 0 Å². The molecule has 0 saturated heterocycles. The van der Waals surface area contributed by atoms with Gasteiger partial charge in [-0.1, -0.05) is 0 Å². The van der Waals surface area contributed by atoms with Gasteiger partial charge in [0.05, 0.1) is 0 Å². The van der Waals surface area contributed by atoms with Crippen LogP contribution in [0.15, 0.2) is 66.7 Å². The van der Waals surface area contributed by atoms with E-state index in [1.165, 1.54) is 0 Å². The van der Waals surface area contributed by atoms with Crippen molar-refractivity contribution in [2.24, 2.45) is 0 Å². The number of carbonyl (C=O) groups is 2. The van der Waals surface area contributed by atoms with Crippen molar-refractivity contribution in [2.45, 2.75) is 27.7 Å². The van der Waals surface area contributed by atoms with Crippen molar-refractivity contribution in [2.75, 3.05) is 6.61 Å². The van der Waals surface area contributed by atoms with Gasteiger partial charge in [0.1, 0.15) is 0 Å². The first-order valence-electron chi connectivity index (χ1n) is 10.1. The molecule has 0 fully saturated rings. The molecule has 1 N–H and O–H groups in total. The van der Waals surface area contributed by atoms with Gasteiger partial charge in [0.25, 0.3) is 0 Å². The second-order valence-corrected chi connectivity index (χ2v) is 15.9. The molecule has 3 aromatic carbocycles. The number of aryl methyl sites for hydroxylation is 2. The van der Waals surface area contributed by atoms with Crippen LogP contribution in [0.25, 0.3) is 0 Å². The van der Waals surface area contributed by atoms with Crippen molar-refractivity contribution in [3.05, 3.63) is 100 Å². The average Bonchev–Trinajstić information content (AvgIpc) is 2.74. The second-order valence-electron chi connectivity index (χ2n) is 7.53. The van der Waals surface area contributed by atoms with E-state index in [4.69, 9.17) is 4.52 Å². The van der Waals surface area contributed by atoms with E-state index in [1.54, 1.807) is 50.2 Å². The molecule has 6 heteroatoms. The average molecular weight is 548 g/mol. The first kappa shape index (κ1) is 23.7. The molecule has 3 rings (SSSR count). The SMILES string of the molecule is CCOP(O)(I)(C(=O)c1c(C)cc(C)c(C(=O)c2ccccc2)c1C)c1ccccc1. The zero-order valence-corrected chi connectivity index (χ0v) is 21.1. The van der Waals surface area contributed by atoms with Crippen molar-refractivity contribution < 1.29 is 19.0 Å². The Hall–Kier alpha value is -1.92. The maximum absolute atomic E-state index is 14.0. The summed E-state index contributed by atoms with van der Waals surface area (Å²) in [4.78, 5) is 39.2. The Morgan fingerprint density at radius 3 is 1.97 bits per heavy atom. The van der Waals surface area contributed by atoms with E-state index in [2.05, 4.69) is 0 Å². The Kier molecular flexibility index (Phi) is 6.82. The third-order valence-electron chi connectivity index (χ3n) is 5.37. The Morgan fingerprint density at radius 1 is 0.903 bits per heavy atom. The van der Waals surface area contributed by atoms with Gasteiger partial charge in [0.15, 0.2) is 0 Å². The molecule has 0 unspecified atom stereocenters. The molecule has 0 aliphatic rings. The zero-order chi connectivity index (χ0) is 22.8. The summed E-state index contributed by atoms with van der Waals surface area (Å²) in [5.74, 6) is -0.146. The van der Waals surface area contributed by atoms with E-state index in [-0.39, 0.29) is 12.4 Å². The van der Waals surface area contributed by atoms with Crippen molar-refractivity contribution in [1.29, 1.82) is 0 Å². The number of benzene rings is 3. The van der Waals surface area contributed by atoms with Gasteiger partial charge in [-0.3, -0.25) is 0 Å². The van der Waals surface area contributed by atoms with Crippen LogP contribution in [0.5, 0.6) is 0 Å². The van der Waals surface area contributed by atoms with Crippen molar-refractivity contribution in [1.82, 2.24) is 0 Å². The standard InChI is InChI=1S/C25H26IO4P/c1-5-30-31(26,29,21-14-10-7-11-15-21)25(28)23-18(3)16-17(2)22(19(23)4)24(27)20-12-8-6-9-13-20/h6-16,29H,5H2,1-4H3. The molecule has 0 amide bonds. The Bertz CT molecular complexity index is 1140. The third kappa shape index (κ3) is 4.24. The number of carbonyl (C=O) groups excluding carboxylic acids is 2. The summed E-state index contributed by atoms with van der Waals surface area (Å²) < 4.78 is 1.41. The van der Waals surface area contributed by atoms with Gasteiger partial charge in [0, 0.05) is 0 Å². The van der Waals surface area contributed by atoms with Crippen molar-refractivity contribution in [3.63, 3.8) is 0 Å². The van der Waals surface area contributed by atoms with Gasteiger partial charge in [-0.25, -0.2) is 0 Å². The number of ketones is 1. The van der Waals surface area contributed by atoms with Gasteiger partial charge in [-0.05, 0) is 0 Å². The summed E-state index contributed by atoms with van der Waals surface area (Å²) in [7, 11) is 0. The van der Waals surface area contributed by atoms with Gasteiger partial charge in [-0.15, -0.1) is 0 Å². The summed E-state index contributed by atoms with van der Waals surface area (Å²) in [5.41, 5.74) is 2.97. The van der Waals surface area contributed by atoms with Crippen LogP contribution in [-0.4, -0.2) is 22.8 Å². The fourth-order valence-corrected chi connectivity index (χ4v) is 8.88. The summed E-state index contributed by atoms with van der Waals surface area (Å²) in [6.45, 7) is 7.40. The van der Waals surface area contributed by atoms with Crippen LogP contribution in [0, 0.1) is 20.8 Å². The van der Waals surface area contributed by atoms with E-state index in [9.17, 15) is 14.5 Å². The van der Waals surface area contributed by atoms with Gasteiger partial charge < -0.3 is 0 Å². The molecule has 0 saturated carbocycles. The number of halogens is 1. The summed E-state index contributed by atoms with van der Waals surface area (Å²) in [6.07, 6.45) is 0. The molecule has 0 atom stereocenters. The fraction of sp³-hybridized carbons (Fsp3) is 0.200. The minimum atomic E-state index is -4.47. The Morgan fingerprint density at radius 2 is 1.42 bits per heavy atom. The topological polar surface area (TPSA) is 63.6 Å². The van der Waals surface area contributed by atoms with Gasteiger partial charge >= 0.3 is 197 Å². The summed E-state index contributed by atoms with van der Waals surface area (Å²) in [5, 5.41) is 0.455. The van der Waals surface area contributed by atoms with Crippen LogP contribution >= 0.6 is 26.7 Å². The quantitative estimate of drug-likeness (QED) is 0.221. The number of rotatable bonds is 7. The molecule has 31 heavy (non-hydrogen) atoms. The molecule has 4 nitrogen and oxygen atoms in total. The van der Waals surface area contributed by atoms with E-state index in [1.807, 2.05) is 66.2 Å². The van der Waals surface area contributed by atoms with E-state index >= 15 is 0 Å². The van der Waals surface area contributed by atoms with E-state index in [0.29, 0.717) is 33.1 Å². The summed E-state index contributed by atoms with van der Waals surface area (Å²) >= 11 is 1.82. The van der Waals surface area contributed by atoms with E-state index < -0.39 is 10.2 Å². The number of hydrogen-bond donors (Lipinski definition) is 1. The molecular weight excluding hydrogens is 522 g/mol. The molecule has 0 radical (unpaired) electrons. The molecule has 0 heterocycles. The van der Waals surface area contributed by atoms with Crippen LogP contribution in [0.3, 0.4) is 0 Å². The predicted octanol–water partition coefficient (Wildman–Crippen LogP) is 6.07. The Balaban J connectivity index is 2.25. The van der Waals surface area contributed by atoms with E-state index in [0.717, 1.165) is 5.56 Å². The normalized spacial score (nSPS) is 12.8.